The molecule has 1 heterocycles. The van der Waals surface area contributed by atoms with Crippen molar-refractivity contribution in [1.82, 2.24) is 0 Å². The SMILES string of the molecule is CC1=CC(C)(C)c2ccccc2N1c1ccccc1. The molecule has 96 valence electrons. The van der Waals surface area contributed by atoms with Crippen LogP contribution in [-0.2, 0) is 5.41 Å². The molecule has 0 saturated carbocycles. The Morgan fingerprint density at radius 2 is 1.47 bits per heavy atom. The molecule has 0 atom stereocenters. The third-order valence-electron chi connectivity index (χ3n) is 3.78. The van der Waals surface area contributed by atoms with E-state index in [-0.39, 0.29) is 5.41 Å². The van der Waals surface area contributed by atoms with E-state index in [1.807, 2.05) is 0 Å². The fourth-order valence-corrected chi connectivity index (χ4v) is 2.99. The van der Waals surface area contributed by atoms with Gasteiger partial charge in [-0.05, 0) is 30.7 Å². The lowest BCUT2D eigenvalue weighted by atomic mass is 9.80. The first kappa shape index (κ1) is 12.0. The zero-order valence-electron chi connectivity index (χ0n) is 11.7. The summed E-state index contributed by atoms with van der Waals surface area (Å²) in [6.07, 6.45) is 2.35. The van der Waals surface area contributed by atoms with Crippen LogP contribution in [0.4, 0.5) is 11.4 Å². The average molecular weight is 249 g/mol. The van der Waals surface area contributed by atoms with Crippen molar-refractivity contribution < 1.29 is 0 Å². The fourth-order valence-electron chi connectivity index (χ4n) is 2.99. The number of benzene rings is 2. The van der Waals surface area contributed by atoms with Crippen molar-refractivity contribution in [3.63, 3.8) is 0 Å². The van der Waals surface area contributed by atoms with Gasteiger partial charge >= 0.3 is 0 Å². The molecule has 0 amide bonds. The zero-order valence-corrected chi connectivity index (χ0v) is 11.7. The highest BCUT2D eigenvalue weighted by atomic mass is 15.2. The van der Waals surface area contributed by atoms with E-state index in [2.05, 4.69) is 86.3 Å². The Bertz CT molecular complexity index is 623. The first-order chi connectivity index (χ1) is 9.09. The summed E-state index contributed by atoms with van der Waals surface area (Å²) in [5.74, 6) is 0. The molecule has 0 saturated heterocycles. The standard InChI is InChI=1S/C18H19N/c1-14-13-18(2,3)16-11-7-8-12-17(16)19(14)15-9-5-4-6-10-15/h4-13H,1-3H3. The second-order valence-corrected chi connectivity index (χ2v) is 5.70. The molecular formula is C18H19N. The first-order valence-corrected chi connectivity index (χ1v) is 6.74. The predicted molar refractivity (Wildman–Crippen MR) is 81.8 cm³/mol. The monoisotopic (exact) mass is 249 g/mol. The van der Waals surface area contributed by atoms with Crippen LogP contribution < -0.4 is 4.90 Å². The highest BCUT2D eigenvalue weighted by Crippen LogP contribution is 2.43. The van der Waals surface area contributed by atoms with Crippen LogP contribution in [0.1, 0.15) is 26.3 Å². The number of fused-ring (bicyclic) bond motifs is 1. The molecule has 2 aromatic carbocycles. The van der Waals surface area contributed by atoms with E-state index < -0.39 is 0 Å². The quantitative estimate of drug-likeness (QED) is 0.686. The van der Waals surface area contributed by atoms with Crippen LogP contribution in [0.15, 0.2) is 66.4 Å². The Morgan fingerprint density at radius 1 is 0.842 bits per heavy atom. The molecule has 1 aliphatic rings. The molecule has 1 heteroatoms. The molecule has 0 bridgehead atoms. The largest absolute Gasteiger partial charge is 0.314 e. The summed E-state index contributed by atoms with van der Waals surface area (Å²) in [5, 5.41) is 0. The van der Waals surface area contributed by atoms with E-state index in [1.54, 1.807) is 0 Å². The molecule has 0 N–H and O–H groups in total. The van der Waals surface area contributed by atoms with Crippen LogP contribution in [0.2, 0.25) is 0 Å². The minimum Gasteiger partial charge on any atom is -0.314 e. The first-order valence-electron chi connectivity index (χ1n) is 6.74. The van der Waals surface area contributed by atoms with E-state index in [9.17, 15) is 0 Å². The van der Waals surface area contributed by atoms with Crippen molar-refractivity contribution in [2.75, 3.05) is 4.90 Å². The highest BCUT2D eigenvalue weighted by molar-refractivity contribution is 5.74. The summed E-state index contributed by atoms with van der Waals surface area (Å²) in [6, 6.07) is 19.2. The van der Waals surface area contributed by atoms with E-state index in [0.717, 1.165) is 0 Å². The highest BCUT2D eigenvalue weighted by Gasteiger charge is 2.29. The summed E-state index contributed by atoms with van der Waals surface area (Å²) in [4.78, 5) is 2.33. The minimum atomic E-state index is 0.0892. The number of hydrogen-bond donors (Lipinski definition) is 0. The van der Waals surface area contributed by atoms with Crippen LogP contribution in [-0.4, -0.2) is 0 Å². The van der Waals surface area contributed by atoms with Crippen LogP contribution >= 0.6 is 0 Å². The van der Waals surface area contributed by atoms with Crippen molar-refractivity contribution >= 4 is 11.4 Å². The lowest BCUT2D eigenvalue weighted by Crippen LogP contribution is -2.28. The van der Waals surface area contributed by atoms with Crippen molar-refractivity contribution in [2.24, 2.45) is 0 Å². The Kier molecular flexibility index (Phi) is 2.70. The van der Waals surface area contributed by atoms with Gasteiger partial charge in [-0.1, -0.05) is 56.3 Å². The molecule has 0 fully saturated rings. The third kappa shape index (κ3) is 1.95. The van der Waals surface area contributed by atoms with Crippen molar-refractivity contribution in [3.8, 4) is 0 Å². The second-order valence-electron chi connectivity index (χ2n) is 5.70. The molecule has 0 unspecified atom stereocenters. The number of rotatable bonds is 1. The van der Waals surface area contributed by atoms with E-state index >= 15 is 0 Å². The lowest BCUT2D eigenvalue weighted by Gasteiger charge is -2.38. The Labute approximate surface area is 115 Å². The van der Waals surface area contributed by atoms with E-state index in [1.165, 1.54) is 22.6 Å². The summed E-state index contributed by atoms with van der Waals surface area (Å²) in [6.45, 7) is 6.74. The molecule has 1 nitrogen and oxygen atoms in total. The Balaban J connectivity index is 2.22. The van der Waals surface area contributed by atoms with Crippen molar-refractivity contribution in [1.29, 1.82) is 0 Å². The molecule has 1 aliphatic heterocycles. The summed E-state index contributed by atoms with van der Waals surface area (Å²) in [5.41, 5.74) is 5.27. The molecule has 0 radical (unpaired) electrons. The fraction of sp³-hybridized carbons (Fsp3) is 0.222. The molecule has 3 rings (SSSR count). The molecular weight excluding hydrogens is 230 g/mol. The van der Waals surface area contributed by atoms with Gasteiger partial charge in [0.2, 0.25) is 0 Å². The van der Waals surface area contributed by atoms with Gasteiger partial charge in [0, 0.05) is 22.5 Å². The van der Waals surface area contributed by atoms with Gasteiger partial charge in [0.15, 0.2) is 0 Å². The predicted octanol–water partition coefficient (Wildman–Crippen LogP) is 5.02. The molecule has 2 aromatic rings. The van der Waals surface area contributed by atoms with Crippen LogP contribution in [0, 0.1) is 0 Å². The van der Waals surface area contributed by atoms with Gasteiger partial charge in [-0.2, -0.15) is 0 Å². The maximum Gasteiger partial charge on any atom is 0.0498 e. The molecule has 0 aromatic heterocycles. The van der Waals surface area contributed by atoms with Crippen LogP contribution in [0.3, 0.4) is 0 Å². The Hall–Kier alpha value is -2.02. The van der Waals surface area contributed by atoms with Gasteiger partial charge in [-0.3, -0.25) is 0 Å². The number of anilines is 2. The van der Waals surface area contributed by atoms with Crippen LogP contribution in [0.25, 0.3) is 0 Å². The summed E-state index contributed by atoms with van der Waals surface area (Å²) < 4.78 is 0. The zero-order chi connectivity index (χ0) is 13.5. The normalized spacial score (nSPS) is 16.8. The van der Waals surface area contributed by atoms with Gasteiger partial charge < -0.3 is 4.90 Å². The molecule has 0 aliphatic carbocycles. The third-order valence-corrected chi connectivity index (χ3v) is 3.78. The minimum absolute atomic E-state index is 0.0892. The smallest absolute Gasteiger partial charge is 0.0498 e. The topological polar surface area (TPSA) is 3.24 Å². The number of nitrogens with zero attached hydrogens (tertiary/aromatic N) is 1. The Morgan fingerprint density at radius 3 is 2.21 bits per heavy atom. The van der Waals surface area contributed by atoms with Gasteiger partial charge in [-0.15, -0.1) is 0 Å². The van der Waals surface area contributed by atoms with E-state index in [4.69, 9.17) is 0 Å². The summed E-state index contributed by atoms with van der Waals surface area (Å²) in [7, 11) is 0. The van der Waals surface area contributed by atoms with Crippen molar-refractivity contribution in [2.45, 2.75) is 26.2 Å². The number of hydrogen-bond acceptors (Lipinski definition) is 1. The van der Waals surface area contributed by atoms with Gasteiger partial charge in [0.25, 0.3) is 0 Å². The number of allylic oxidation sites excluding steroid dienone is 2. The van der Waals surface area contributed by atoms with Gasteiger partial charge in [0.05, 0.1) is 0 Å². The lowest BCUT2D eigenvalue weighted by molar-refractivity contribution is 0.649. The molecule has 19 heavy (non-hydrogen) atoms. The summed E-state index contributed by atoms with van der Waals surface area (Å²) >= 11 is 0. The number of para-hydroxylation sites is 2. The van der Waals surface area contributed by atoms with Gasteiger partial charge in [-0.25, -0.2) is 0 Å². The maximum atomic E-state index is 2.35. The second kappa shape index (κ2) is 4.27. The molecule has 0 spiro atoms. The van der Waals surface area contributed by atoms with Gasteiger partial charge in [0.1, 0.15) is 0 Å². The van der Waals surface area contributed by atoms with Crippen LogP contribution in [0.5, 0.6) is 0 Å². The van der Waals surface area contributed by atoms with Crippen molar-refractivity contribution in [3.05, 3.63) is 71.9 Å². The maximum absolute atomic E-state index is 2.35. The van der Waals surface area contributed by atoms with E-state index in [0.29, 0.717) is 0 Å². The average Bonchev–Trinajstić information content (AvgIpc) is 2.39.